The quantitative estimate of drug-likeness (QED) is 0.437. The third-order valence-electron chi connectivity index (χ3n) is 6.72. The second-order valence-corrected chi connectivity index (χ2v) is 9.36. The van der Waals surface area contributed by atoms with E-state index in [0.29, 0.717) is 12.8 Å². The molecular formula is C25H26F2N4O4. The average molecular weight is 485 g/mol. The number of aromatic nitrogens is 1. The summed E-state index contributed by atoms with van der Waals surface area (Å²) >= 11 is 0. The Labute approximate surface area is 200 Å². The number of nitrogens with zero attached hydrogens (tertiary/aromatic N) is 2. The molecule has 8 nitrogen and oxygen atoms in total. The van der Waals surface area contributed by atoms with E-state index in [2.05, 4.69) is 15.6 Å². The van der Waals surface area contributed by atoms with Crippen LogP contribution >= 0.6 is 0 Å². The molecule has 4 rings (SSSR count). The highest BCUT2D eigenvalue weighted by atomic mass is 19.1. The van der Waals surface area contributed by atoms with E-state index in [1.165, 1.54) is 37.3 Å². The second kappa shape index (κ2) is 9.09. The fourth-order valence-electron chi connectivity index (χ4n) is 4.70. The number of anilines is 3. The summed E-state index contributed by atoms with van der Waals surface area (Å²) in [5.74, 6) is -2.55. The normalized spacial score (nSPS) is 15.7. The summed E-state index contributed by atoms with van der Waals surface area (Å²) in [6.07, 6.45) is 4.37. The first-order valence-electron chi connectivity index (χ1n) is 11.3. The highest BCUT2D eigenvalue weighted by Gasteiger charge is 2.42. The van der Waals surface area contributed by atoms with E-state index in [1.807, 2.05) is 6.92 Å². The Hall–Kier alpha value is -3.82. The van der Waals surface area contributed by atoms with Crippen LogP contribution in [-0.2, 0) is 0 Å². The van der Waals surface area contributed by atoms with Crippen molar-refractivity contribution in [2.24, 2.45) is 5.41 Å². The van der Waals surface area contributed by atoms with Crippen molar-refractivity contribution in [3.8, 4) is 5.75 Å². The van der Waals surface area contributed by atoms with Gasteiger partial charge in [0.1, 0.15) is 23.0 Å². The first-order chi connectivity index (χ1) is 16.5. The lowest BCUT2D eigenvalue weighted by Gasteiger charge is -2.36. The molecule has 35 heavy (non-hydrogen) atoms. The van der Waals surface area contributed by atoms with Crippen molar-refractivity contribution >= 4 is 23.0 Å². The first-order valence-corrected chi connectivity index (χ1v) is 11.3. The molecule has 0 bridgehead atoms. The maximum atomic E-state index is 14.8. The van der Waals surface area contributed by atoms with Gasteiger partial charge in [0.15, 0.2) is 11.4 Å². The molecule has 0 saturated heterocycles. The van der Waals surface area contributed by atoms with Crippen molar-refractivity contribution < 1.29 is 18.7 Å². The molecule has 1 aromatic heterocycles. The van der Waals surface area contributed by atoms with Crippen LogP contribution < -0.4 is 21.5 Å². The molecular weight excluding hydrogens is 458 g/mol. The monoisotopic (exact) mass is 484 g/mol. The Balaban J connectivity index is 1.73. The SMILES string of the molecule is CN(C)C(=O)c1nccc(Nc2c(N[C@@H](c3c(F)cccc3F)C3(C)CCCC3)c(=O)c2=O)c1O. The third kappa shape index (κ3) is 4.24. The molecule has 3 N–H and O–H groups in total. The van der Waals surface area contributed by atoms with E-state index >= 15 is 0 Å². The molecule has 10 heteroatoms. The number of carbonyl (C=O) groups excluding carboxylic acids is 1. The number of pyridine rings is 1. The molecule has 1 aliphatic carbocycles. The summed E-state index contributed by atoms with van der Waals surface area (Å²) in [7, 11) is 2.99. The number of hydrogen-bond acceptors (Lipinski definition) is 7. The van der Waals surface area contributed by atoms with E-state index < -0.39 is 45.6 Å². The third-order valence-corrected chi connectivity index (χ3v) is 6.72. The van der Waals surface area contributed by atoms with Gasteiger partial charge in [-0.15, -0.1) is 0 Å². The van der Waals surface area contributed by atoms with Gasteiger partial charge in [0, 0.05) is 25.9 Å². The minimum absolute atomic E-state index is 0.0129. The molecule has 3 aromatic rings. The molecule has 1 aliphatic rings. The summed E-state index contributed by atoms with van der Waals surface area (Å²) in [5, 5.41) is 16.2. The van der Waals surface area contributed by atoms with Gasteiger partial charge in [0.05, 0.1) is 11.7 Å². The smallest absolute Gasteiger partial charge is 0.275 e. The van der Waals surface area contributed by atoms with Crippen LogP contribution in [0, 0.1) is 17.0 Å². The largest absolute Gasteiger partial charge is 0.504 e. The minimum Gasteiger partial charge on any atom is -0.504 e. The summed E-state index contributed by atoms with van der Waals surface area (Å²) in [4.78, 5) is 42.4. The van der Waals surface area contributed by atoms with E-state index in [1.54, 1.807) is 0 Å². The average Bonchev–Trinajstić information content (AvgIpc) is 3.27. The predicted octanol–water partition coefficient (Wildman–Crippen LogP) is 3.84. The number of halogens is 2. The molecule has 2 aromatic carbocycles. The van der Waals surface area contributed by atoms with Gasteiger partial charge in [-0.25, -0.2) is 13.8 Å². The van der Waals surface area contributed by atoms with Crippen molar-refractivity contribution in [3.63, 3.8) is 0 Å². The summed E-state index contributed by atoms with van der Waals surface area (Å²) < 4.78 is 29.6. The summed E-state index contributed by atoms with van der Waals surface area (Å²) in [6.45, 7) is 1.90. The molecule has 1 fully saturated rings. The van der Waals surface area contributed by atoms with Gasteiger partial charge in [-0.2, -0.15) is 0 Å². The maximum absolute atomic E-state index is 14.8. The Morgan fingerprint density at radius 2 is 1.69 bits per heavy atom. The Kier molecular flexibility index (Phi) is 6.31. The fraction of sp³-hybridized carbons (Fsp3) is 0.360. The van der Waals surface area contributed by atoms with Gasteiger partial charge < -0.3 is 20.6 Å². The predicted molar refractivity (Wildman–Crippen MR) is 128 cm³/mol. The number of nitrogens with one attached hydrogen (secondary N) is 2. The highest BCUT2D eigenvalue weighted by Crippen LogP contribution is 2.50. The van der Waals surface area contributed by atoms with Gasteiger partial charge in [-0.3, -0.25) is 14.4 Å². The van der Waals surface area contributed by atoms with Crippen LogP contribution in [0.2, 0.25) is 0 Å². The first kappa shape index (κ1) is 24.3. The van der Waals surface area contributed by atoms with Gasteiger partial charge in [-0.1, -0.05) is 25.8 Å². The van der Waals surface area contributed by atoms with Crippen molar-refractivity contribution in [1.29, 1.82) is 0 Å². The number of hydrogen-bond donors (Lipinski definition) is 3. The van der Waals surface area contributed by atoms with E-state index in [0.717, 1.165) is 25.0 Å². The highest BCUT2D eigenvalue weighted by molar-refractivity contribution is 5.97. The molecule has 1 heterocycles. The van der Waals surface area contributed by atoms with Crippen LogP contribution in [0.4, 0.5) is 25.8 Å². The zero-order chi connectivity index (χ0) is 25.5. The summed E-state index contributed by atoms with van der Waals surface area (Å²) in [5.41, 5.74) is -3.00. The Bertz CT molecular complexity index is 1340. The second-order valence-electron chi connectivity index (χ2n) is 9.36. The van der Waals surface area contributed by atoms with Crippen molar-refractivity contribution in [1.82, 2.24) is 9.88 Å². The van der Waals surface area contributed by atoms with Gasteiger partial charge in [0.2, 0.25) is 0 Å². The van der Waals surface area contributed by atoms with Crippen LogP contribution in [0.15, 0.2) is 40.1 Å². The summed E-state index contributed by atoms with van der Waals surface area (Å²) in [6, 6.07) is 4.02. The lowest BCUT2D eigenvalue weighted by Crippen LogP contribution is -2.40. The molecule has 184 valence electrons. The van der Waals surface area contributed by atoms with Crippen molar-refractivity contribution in [2.45, 2.75) is 38.6 Å². The fourth-order valence-corrected chi connectivity index (χ4v) is 4.70. The zero-order valence-electron chi connectivity index (χ0n) is 19.6. The van der Waals surface area contributed by atoms with Crippen LogP contribution in [0.5, 0.6) is 5.75 Å². The van der Waals surface area contributed by atoms with Crippen molar-refractivity contribution in [2.75, 3.05) is 24.7 Å². The van der Waals surface area contributed by atoms with Gasteiger partial charge in [-0.05, 0) is 36.5 Å². The van der Waals surface area contributed by atoms with E-state index in [4.69, 9.17) is 0 Å². The van der Waals surface area contributed by atoms with Crippen LogP contribution in [0.25, 0.3) is 0 Å². The molecule has 0 unspecified atom stereocenters. The van der Waals surface area contributed by atoms with Crippen LogP contribution in [-0.4, -0.2) is 35.0 Å². The van der Waals surface area contributed by atoms with Gasteiger partial charge >= 0.3 is 0 Å². The molecule has 1 atom stereocenters. The molecule has 0 radical (unpaired) electrons. The van der Waals surface area contributed by atoms with E-state index in [-0.39, 0.29) is 28.3 Å². The Morgan fingerprint density at radius 1 is 1.09 bits per heavy atom. The maximum Gasteiger partial charge on any atom is 0.275 e. The minimum atomic E-state index is -0.910. The number of amides is 1. The van der Waals surface area contributed by atoms with Crippen LogP contribution in [0.1, 0.15) is 54.7 Å². The topological polar surface area (TPSA) is 112 Å². The molecule has 1 saturated carbocycles. The number of benzene rings is 1. The zero-order valence-corrected chi connectivity index (χ0v) is 19.6. The lowest BCUT2D eigenvalue weighted by atomic mass is 9.76. The number of rotatable bonds is 7. The van der Waals surface area contributed by atoms with Crippen molar-refractivity contribution in [3.05, 3.63) is 73.8 Å². The molecule has 0 spiro atoms. The number of aromatic hydroxyl groups is 1. The number of carbonyl (C=O) groups is 1. The molecule has 1 amide bonds. The van der Waals surface area contributed by atoms with Gasteiger partial charge in [0.25, 0.3) is 16.8 Å². The van der Waals surface area contributed by atoms with E-state index in [9.17, 15) is 28.3 Å². The Morgan fingerprint density at radius 3 is 2.29 bits per heavy atom. The standard InChI is InChI=1S/C25H26F2N4O4/c1-25(10-4-5-11-25)23(16-13(26)7-6-8-14(16)27)30-18-17(21(33)22(18)34)29-15-9-12-28-19(20(15)32)24(35)31(2)3/h6-9,12,23,30,32H,4-5,10-11H2,1-3H3,(H,28,29)/t23-/m0/s1. The molecule has 0 aliphatic heterocycles. The van der Waals surface area contributed by atoms with Crippen LogP contribution in [0.3, 0.4) is 0 Å². The lowest BCUT2D eigenvalue weighted by molar-refractivity contribution is 0.0819.